The van der Waals surface area contributed by atoms with Gasteiger partial charge >= 0.3 is 5.97 Å². The molecule has 1 aromatic carbocycles. The zero-order valence-corrected chi connectivity index (χ0v) is 10.3. The minimum atomic E-state index is -0.955. The highest BCUT2D eigenvalue weighted by Crippen LogP contribution is 2.13. The first kappa shape index (κ1) is 12.2. The second kappa shape index (κ2) is 4.91. The maximum atomic E-state index is 11.0. The lowest BCUT2D eigenvalue weighted by Gasteiger charge is -2.08. The van der Waals surface area contributed by atoms with Crippen LogP contribution in [0.2, 0.25) is 0 Å². The number of carboxylic acids is 1. The number of rotatable bonds is 4. The number of aryl methyl sites for hydroxylation is 2. The van der Waals surface area contributed by atoms with Crippen molar-refractivity contribution in [3.63, 3.8) is 0 Å². The largest absolute Gasteiger partial charge is 0.478 e. The average molecular weight is 245 g/mol. The van der Waals surface area contributed by atoms with Crippen molar-refractivity contribution in [1.82, 2.24) is 9.78 Å². The van der Waals surface area contributed by atoms with Gasteiger partial charge in [0.05, 0.1) is 18.4 Å². The van der Waals surface area contributed by atoms with Gasteiger partial charge in [-0.15, -0.1) is 0 Å². The van der Waals surface area contributed by atoms with Crippen LogP contribution in [-0.4, -0.2) is 20.9 Å². The van der Waals surface area contributed by atoms with Crippen molar-refractivity contribution in [2.45, 2.75) is 13.5 Å². The van der Waals surface area contributed by atoms with E-state index in [2.05, 4.69) is 10.4 Å². The number of carbonyl (C=O) groups is 1. The van der Waals surface area contributed by atoms with E-state index in [4.69, 9.17) is 5.11 Å². The van der Waals surface area contributed by atoms with E-state index in [1.165, 1.54) is 11.8 Å². The van der Waals surface area contributed by atoms with Crippen molar-refractivity contribution >= 4 is 11.7 Å². The van der Waals surface area contributed by atoms with Crippen LogP contribution in [0.5, 0.6) is 0 Å². The molecule has 0 bridgehead atoms. The summed E-state index contributed by atoms with van der Waals surface area (Å²) in [5.41, 5.74) is 3.03. The lowest BCUT2D eigenvalue weighted by atomic mass is 10.2. The summed E-state index contributed by atoms with van der Waals surface area (Å²) in [4.78, 5) is 11.0. The van der Waals surface area contributed by atoms with E-state index in [0.29, 0.717) is 12.2 Å². The molecule has 0 atom stereocenters. The van der Waals surface area contributed by atoms with Crippen molar-refractivity contribution in [2.75, 3.05) is 5.32 Å². The van der Waals surface area contributed by atoms with Crippen LogP contribution in [0.1, 0.15) is 21.6 Å². The van der Waals surface area contributed by atoms with Gasteiger partial charge in [0.1, 0.15) is 5.56 Å². The topological polar surface area (TPSA) is 67.2 Å². The molecule has 18 heavy (non-hydrogen) atoms. The maximum absolute atomic E-state index is 11.0. The Morgan fingerprint density at radius 2 is 2.06 bits per heavy atom. The Labute approximate surface area is 105 Å². The predicted octanol–water partition coefficient (Wildman–Crippen LogP) is 2.04. The molecular formula is C13H15N3O2. The molecule has 1 aromatic heterocycles. The molecule has 0 saturated heterocycles. The number of aromatic carboxylic acids is 1. The highest BCUT2D eigenvalue weighted by atomic mass is 16.4. The van der Waals surface area contributed by atoms with Crippen LogP contribution < -0.4 is 5.32 Å². The highest BCUT2D eigenvalue weighted by Gasteiger charge is 2.14. The van der Waals surface area contributed by atoms with E-state index in [1.54, 1.807) is 11.7 Å². The first-order chi connectivity index (χ1) is 8.58. The molecular weight excluding hydrogens is 230 g/mol. The molecule has 0 aliphatic rings. The Morgan fingerprint density at radius 1 is 1.39 bits per heavy atom. The normalized spacial score (nSPS) is 10.3. The zero-order valence-electron chi connectivity index (χ0n) is 10.3. The first-order valence-electron chi connectivity index (χ1n) is 5.62. The number of hydrogen-bond donors (Lipinski definition) is 2. The van der Waals surface area contributed by atoms with Crippen LogP contribution in [0.3, 0.4) is 0 Å². The van der Waals surface area contributed by atoms with E-state index in [1.807, 2.05) is 31.2 Å². The number of aromatic nitrogens is 2. The van der Waals surface area contributed by atoms with E-state index >= 15 is 0 Å². The molecule has 5 nitrogen and oxygen atoms in total. The molecule has 1 heterocycles. The maximum Gasteiger partial charge on any atom is 0.339 e. The van der Waals surface area contributed by atoms with Gasteiger partial charge in [0.2, 0.25) is 0 Å². The third-order valence-corrected chi connectivity index (χ3v) is 2.80. The molecule has 0 saturated carbocycles. The summed E-state index contributed by atoms with van der Waals surface area (Å²) in [5.74, 6) is -0.955. The van der Waals surface area contributed by atoms with Gasteiger partial charge in [0.25, 0.3) is 0 Å². The predicted molar refractivity (Wildman–Crippen MR) is 68.7 cm³/mol. The summed E-state index contributed by atoms with van der Waals surface area (Å²) >= 11 is 0. The molecule has 0 unspecified atom stereocenters. The fourth-order valence-corrected chi connectivity index (χ4v) is 1.71. The van der Waals surface area contributed by atoms with Crippen LogP contribution in [0, 0.1) is 6.92 Å². The van der Waals surface area contributed by atoms with Gasteiger partial charge in [-0.25, -0.2) is 4.79 Å². The van der Waals surface area contributed by atoms with Crippen LogP contribution in [0.15, 0.2) is 30.5 Å². The summed E-state index contributed by atoms with van der Waals surface area (Å²) in [6, 6.07) is 7.94. The van der Waals surface area contributed by atoms with Crippen LogP contribution >= 0.6 is 0 Å². The van der Waals surface area contributed by atoms with Gasteiger partial charge in [-0.3, -0.25) is 4.68 Å². The number of anilines is 1. The van der Waals surface area contributed by atoms with Gasteiger partial charge in [-0.05, 0) is 19.1 Å². The van der Waals surface area contributed by atoms with E-state index < -0.39 is 5.97 Å². The second-order valence-electron chi connectivity index (χ2n) is 4.15. The zero-order chi connectivity index (χ0) is 13.1. The summed E-state index contributed by atoms with van der Waals surface area (Å²) in [7, 11) is 1.73. The van der Waals surface area contributed by atoms with Crippen molar-refractivity contribution in [1.29, 1.82) is 0 Å². The number of nitrogens with one attached hydrogen (secondary N) is 1. The first-order valence-corrected chi connectivity index (χ1v) is 5.62. The van der Waals surface area contributed by atoms with Gasteiger partial charge in [-0.1, -0.05) is 17.7 Å². The van der Waals surface area contributed by atoms with E-state index in [0.717, 1.165) is 5.69 Å². The van der Waals surface area contributed by atoms with Crippen LogP contribution in [0.4, 0.5) is 5.69 Å². The minimum Gasteiger partial charge on any atom is -0.478 e. The lowest BCUT2D eigenvalue weighted by molar-refractivity contribution is 0.0695. The van der Waals surface area contributed by atoms with Crippen molar-refractivity contribution < 1.29 is 9.90 Å². The fraction of sp³-hybridized carbons (Fsp3) is 0.231. The van der Waals surface area contributed by atoms with Crippen LogP contribution in [-0.2, 0) is 13.6 Å². The van der Waals surface area contributed by atoms with Gasteiger partial charge < -0.3 is 10.4 Å². The molecule has 0 fully saturated rings. The third-order valence-electron chi connectivity index (χ3n) is 2.80. The number of carboxylic acid groups (broad SMARTS) is 1. The van der Waals surface area contributed by atoms with Crippen molar-refractivity contribution in [3.8, 4) is 0 Å². The third kappa shape index (κ3) is 2.51. The molecule has 2 N–H and O–H groups in total. The number of nitrogens with zero attached hydrogens (tertiary/aromatic N) is 2. The molecule has 2 aromatic rings. The van der Waals surface area contributed by atoms with Gasteiger partial charge in [0.15, 0.2) is 0 Å². The summed E-state index contributed by atoms with van der Waals surface area (Å²) in [5, 5.41) is 16.2. The van der Waals surface area contributed by atoms with E-state index in [9.17, 15) is 4.79 Å². The summed E-state index contributed by atoms with van der Waals surface area (Å²) < 4.78 is 1.57. The average Bonchev–Trinajstić information content (AvgIpc) is 2.70. The van der Waals surface area contributed by atoms with Gasteiger partial charge in [-0.2, -0.15) is 5.10 Å². The Hall–Kier alpha value is -2.30. The molecule has 2 rings (SSSR count). The molecule has 0 radical (unpaired) electrons. The fourth-order valence-electron chi connectivity index (χ4n) is 1.71. The second-order valence-corrected chi connectivity index (χ2v) is 4.15. The van der Waals surface area contributed by atoms with Crippen molar-refractivity contribution in [3.05, 3.63) is 47.3 Å². The number of benzene rings is 1. The molecule has 5 heteroatoms. The monoisotopic (exact) mass is 245 g/mol. The minimum absolute atomic E-state index is 0.233. The number of hydrogen-bond acceptors (Lipinski definition) is 3. The van der Waals surface area contributed by atoms with Crippen molar-refractivity contribution in [2.24, 2.45) is 7.05 Å². The standard InChI is InChI=1S/C13H15N3O2/c1-9-3-5-10(6-4-9)14-8-12-11(13(17)18)7-15-16(12)2/h3-7,14H,8H2,1-2H3,(H,17,18). The Balaban J connectivity index is 2.12. The van der Waals surface area contributed by atoms with Gasteiger partial charge in [0, 0.05) is 12.7 Å². The Morgan fingerprint density at radius 3 is 2.67 bits per heavy atom. The SMILES string of the molecule is Cc1ccc(NCc2c(C(=O)O)cnn2C)cc1. The van der Waals surface area contributed by atoms with E-state index in [-0.39, 0.29) is 5.56 Å². The molecule has 0 spiro atoms. The summed E-state index contributed by atoms with van der Waals surface area (Å²) in [6.45, 7) is 2.45. The van der Waals surface area contributed by atoms with Crippen LogP contribution in [0.25, 0.3) is 0 Å². The highest BCUT2D eigenvalue weighted by molar-refractivity contribution is 5.88. The quantitative estimate of drug-likeness (QED) is 0.865. The molecule has 0 amide bonds. The molecule has 0 aliphatic carbocycles. The Bertz CT molecular complexity index is 558. The molecule has 94 valence electrons. The summed E-state index contributed by atoms with van der Waals surface area (Å²) in [6.07, 6.45) is 1.37. The smallest absolute Gasteiger partial charge is 0.339 e. The Kier molecular flexibility index (Phi) is 3.32. The lowest BCUT2D eigenvalue weighted by Crippen LogP contribution is -2.10. The molecule has 0 aliphatic heterocycles.